The summed E-state index contributed by atoms with van der Waals surface area (Å²) in [6, 6.07) is 15.7. The summed E-state index contributed by atoms with van der Waals surface area (Å²) in [5.41, 5.74) is 4.60. The van der Waals surface area contributed by atoms with Gasteiger partial charge in [-0.3, -0.25) is 4.79 Å². The first kappa shape index (κ1) is 30.4. The van der Waals surface area contributed by atoms with E-state index >= 15 is 0 Å². The lowest BCUT2D eigenvalue weighted by Crippen LogP contribution is -2.55. The molecule has 0 unspecified atom stereocenters. The second-order valence-electron chi connectivity index (χ2n) is 13.4. The van der Waals surface area contributed by atoms with Crippen molar-refractivity contribution >= 4 is 28.2 Å². The van der Waals surface area contributed by atoms with Crippen molar-refractivity contribution in [2.24, 2.45) is 0 Å². The fourth-order valence-electron chi connectivity index (χ4n) is 7.82. The van der Waals surface area contributed by atoms with E-state index in [1.165, 1.54) is 39.7 Å². The number of aromatic nitrogens is 2. The van der Waals surface area contributed by atoms with Crippen LogP contribution < -0.4 is 14.5 Å². The van der Waals surface area contributed by atoms with E-state index in [4.69, 9.17) is 14.7 Å². The number of fused-ring (bicyclic) bond motifs is 3. The number of anilines is 2. The lowest BCUT2D eigenvalue weighted by molar-refractivity contribution is -0.128. The zero-order chi connectivity index (χ0) is 31.8. The predicted molar refractivity (Wildman–Crippen MR) is 177 cm³/mol. The summed E-state index contributed by atoms with van der Waals surface area (Å²) < 4.78 is 19.2. The van der Waals surface area contributed by atoms with Crippen LogP contribution in [0.5, 0.6) is 6.01 Å². The van der Waals surface area contributed by atoms with E-state index in [-0.39, 0.29) is 23.8 Å². The highest BCUT2D eigenvalue weighted by atomic mass is 19.1. The first-order chi connectivity index (χ1) is 22.4. The number of likely N-dealkylation sites (tertiary alicyclic amines) is 1. The Bertz CT molecular complexity index is 1690. The SMILES string of the molecule is Cc1cccc2cccc(N3Cc4nc(OC[C@@H]5CCCN5C)nc(N5CCN(C(=O)/C=C/CF)[C@@H](CC#N)C5)c4C4(CC4)C3)c12. The summed E-state index contributed by atoms with van der Waals surface area (Å²) >= 11 is 0. The van der Waals surface area contributed by atoms with Crippen molar-refractivity contribution < 1.29 is 13.9 Å². The molecule has 4 heterocycles. The Morgan fingerprint density at radius 1 is 1.13 bits per heavy atom. The molecular weight excluding hydrogens is 581 g/mol. The maximum absolute atomic E-state index is 12.9. The molecule has 240 valence electrons. The molecule has 4 aliphatic rings. The molecule has 1 spiro atoms. The molecule has 7 rings (SSSR count). The number of alkyl halides is 1. The van der Waals surface area contributed by atoms with Gasteiger partial charge in [-0.05, 0) is 69.3 Å². The van der Waals surface area contributed by atoms with Gasteiger partial charge in [0.05, 0.1) is 30.8 Å². The van der Waals surface area contributed by atoms with Crippen molar-refractivity contribution in [3.05, 3.63) is 65.4 Å². The number of carbonyl (C=O) groups is 1. The monoisotopic (exact) mass is 623 g/mol. The second kappa shape index (κ2) is 12.5. The Labute approximate surface area is 270 Å². The molecule has 0 radical (unpaired) electrons. The summed E-state index contributed by atoms with van der Waals surface area (Å²) in [7, 11) is 2.14. The van der Waals surface area contributed by atoms with E-state index in [1.807, 2.05) is 0 Å². The number of likely N-dealkylation sites (N-methyl/N-ethyl adjacent to an activating group) is 1. The minimum absolute atomic E-state index is 0.0699. The number of amides is 1. The van der Waals surface area contributed by atoms with Crippen LogP contribution in [0, 0.1) is 18.3 Å². The van der Waals surface area contributed by atoms with Gasteiger partial charge < -0.3 is 24.3 Å². The third-order valence-corrected chi connectivity index (χ3v) is 10.4. The van der Waals surface area contributed by atoms with Gasteiger partial charge in [-0.1, -0.05) is 30.3 Å². The van der Waals surface area contributed by atoms with Crippen LogP contribution in [0.3, 0.4) is 0 Å². The van der Waals surface area contributed by atoms with Gasteiger partial charge in [0.25, 0.3) is 0 Å². The van der Waals surface area contributed by atoms with Crippen LogP contribution in [0.1, 0.15) is 48.9 Å². The molecule has 0 N–H and O–H groups in total. The van der Waals surface area contributed by atoms with Crippen LogP contribution in [0.25, 0.3) is 10.8 Å². The molecular formula is C36H42FN7O2. The summed E-state index contributed by atoms with van der Waals surface area (Å²) in [5, 5.41) is 12.2. The van der Waals surface area contributed by atoms with Gasteiger partial charge in [-0.2, -0.15) is 15.2 Å². The number of hydrogen-bond donors (Lipinski definition) is 0. The van der Waals surface area contributed by atoms with E-state index in [9.17, 15) is 14.4 Å². The standard InChI is InChI=1S/C36H42FN7O2/c1-25-7-3-8-26-9-4-11-30(32(25)26)43-22-29-33(36(24-43)14-15-36)34(40-35(39-29)46-23-28-10-6-18-41(28)2)42-19-20-44(27(21-42)13-17-38)31(45)12-5-16-37/h3-5,7-9,11-12,27-28H,6,10,13-16,18-24H2,1-2H3/b12-5+/t27-,28-/m0/s1. The molecule has 3 fully saturated rings. The van der Waals surface area contributed by atoms with Gasteiger partial charge in [0.1, 0.15) is 19.1 Å². The molecule has 2 atom stereocenters. The lowest BCUT2D eigenvalue weighted by Gasteiger charge is -2.43. The van der Waals surface area contributed by atoms with Gasteiger partial charge in [0.15, 0.2) is 0 Å². The molecule has 1 aliphatic carbocycles. The normalized spacial score (nSPS) is 22.4. The molecule has 2 saturated heterocycles. The number of hydrogen-bond acceptors (Lipinski definition) is 8. The van der Waals surface area contributed by atoms with Crippen LogP contribution in [-0.4, -0.2) is 90.8 Å². The van der Waals surface area contributed by atoms with E-state index in [0.717, 1.165) is 50.3 Å². The van der Waals surface area contributed by atoms with Crippen molar-refractivity contribution in [2.45, 2.75) is 63.1 Å². The van der Waals surface area contributed by atoms with Crippen molar-refractivity contribution in [3.63, 3.8) is 0 Å². The number of carbonyl (C=O) groups excluding carboxylic acids is 1. The minimum Gasteiger partial charge on any atom is -0.462 e. The zero-order valence-corrected chi connectivity index (χ0v) is 26.8. The van der Waals surface area contributed by atoms with Crippen LogP contribution in [-0.2, 0) is 16.8 Å². The zero-order valence-electron chi connectivity index (χ0n) is 26.8. The van der Waals surface area contributed by atoms with E-state index in [2.05, 4.69) is 71.1 Å². The number of halogens is 1. The van der Waals surface area contributed by atoms with Crippen LogP contribution >= 0.6 is 0 Å². The number of rotatable bonds is 8. The smallest absolute Gasteiger partial charge is 0.318 e. The lowest BCUT2D eigenvalue weighted by atomic mass is 9.88. The van der Waals surface area contributed by atoms with E-state index < -0.39 is 6.67 Å². The van der Waals surface area contributed by atoms with Crippen LogP contribution in [0.15, 0.2) is 48.6 Å². The molecule has 46 heavy (non-hydrogen) atoms. The number of ether oxygens (including phenoxy) is 1. The van der Waals surface area contributed by atoms with Crippen molar-refractivity contribution in [1.29, 1.82) is 5.26 Å². The molecule has 2 aromatic carbocycles. The average molecular weight is 624 g/mol. The van der Waals surface area contributed by atoms with Crippen molar-refractivity contribution in [3.8, 4) is 12.1 Å². The summed E-state index contributed by atoms with van der Waals surface area (Å²) in [6.45, 7) is 6.07. The molecule has 3 aromatic rings. The number of aryl methyl sites for hydroxylation is 1. The molecule has 1 aromatic heterocycles. The second-order valence-corrected chi connectivity index (χ2v) is 13.4. The Morgan fingerprint density at radius 3 is 2.70 bits per heavy atom. The van der Waals surface area contributed by atoms with Crippen molar-refractivity contribution in [1.82, 2.24) is 19.8 Å². The maximum Gasteiger partial charge on any atom is 0.318 e. The van der Waals surface area contributed by atoms with Crippen molar-refractivity contribution in [2.75, 3.05) is 62.9 Å². The Balaban J connectivity index is 1.26. The number of nitrogens with zero attached hydrogens (tertiary/aromatic N) is 7. The van der Waals surface area contributed by atoms with Gasteiger partial charge in [-0.25, -0.2) is 4.39 Å². The summed E-state index contributed by atoms with van der Waals surface area (Å²) in [6.07, 6.45) is 7.05. The third-order valence-electron chi connectivity index (χ3n) is 10.4. The molecule has 9 nitrogen and oxygen atoms in total. The maximum atomic E-state index is 12.9. The van der Waals surface area contributed by atoms with E-state index in [0.29, 0.717) is 44.8 Å². The number of piperazine rings is 1. The van der Waals surface area contributed by atoms with Gasteiger partial charge >= 0.3 is 6.01 Å². The quantitative estimate of drug-likeness (QED) is 0.327. The predicted octanol–water partition coefficient (Wildman–Crippen LogP) is 4.92. The van der Waals surface area contributed by atoms with E-state index in [1.54, 1.807) is 4.90 Å². The molecule has 1 amide bonds. The summed E-state index contributed by atoms with van der Waals surface area (Å²) in [5.74, 6) is 0.618. The molecule has 3 aliphatic heterocycles. The molecule has 10 heteroatoms. The highest BCUT2D eigenvalue weighted by molar-refractivity contribution is 5.97. The Hall–Kier alpha value is -4.23. The van der Waals surface area contributed by atoms with Crippen LogP contribution in [0.2, 0.25) is 0 Å². The van der Waals surface area contributed by atoms with Gasteiger partial charge in [0, 0.05) is 60.3 Å². The first-order valence-corrected chi connectivity index (χ1v) is 16.5. The Morgan fingerprint density at radius 2 is 1.96 bits per heavy atom. The number of nitriles is 1. The largest absolute Gasteiger partial charge is 0.462 e. The number of allylic oxidation sites excluding steroid dienone is 1. The fraction of sp³-hybridized carbons (Fsp3) is 0.500. The van der Waals surface area contributed by atoms with Gasteiger partial charge in [-0.15, -0.1) is 0 Å². The third kappa shape index (κ3) is 5.66. The number of benzene rings is 2. The molecule has 1 saturated carbocycles. The first-order valence-electron chi connectivity index (χ1n) is 16.5. The average Bonchev–Trinajstić information content (AvgIpc) is 3.70. The fourth-order valence-corrected chi connectivity index (χ4v) is 7.82. The van der Waals surface area contributed by atoms with Gasteiger partial charge in [0.2, 0.25) is 5.91 Å². The molecule has 0 bridgehead atoms. The highest BCUT2D eigenvalue weighted by Crippen LogP contribution is 2.56. The Kier molecular flexibility index (Phi) is 8.28. The summed E-state index contributed by atoms with van der Waals surface area (Å²) in [4.78, 5) is 31.9. The topological polar surface area (TPSA) is 88.8 Å². The van der Waals surface area contributed by atoms with Crippen LogP contribution in [0.4, 0.5) is 15.9 Å². The highest BCUT2D eigenvalue weighted by Gasteiger charge is 2.53. The minimum atomic E-state index is -0.696.